The molecule has 0 aliphatic heterocycles. The third-order valence-electron chi connectivity index (χ3n) is 1.88. The molecule has 78 valence electrons. The maximum Gasteiger partial charge on any atom is 0.137 e. The number of rotatable bonds is 5. The third kappa shape index (κ3) is 3.32. The highest BCUT2D eigenvalue weighted by molar-refractivity contribution is 5.23. The molecule has 0 amide bonds. The Labute approximate surface area is 83.7 Å². The topological polar surface area (TPSA) is 68.4 Å². The van der Waals surface area contributed by atoms with E-state index in [-0.39, 0.29) is 12.6 Å². The van der Waals surface area contributed by atoms with E-state index in [9.17, 15) is 0 Å². The van der Waals surface area contributed by atoms with Gasteiger partial charge in [-0.25, -0.2) is 0 Å². The summed E-state index contributed by atoms with van der Waals surface area (Å²) < 4.78 is 5.35. The Balaban J connectivity index is 2.50. The first-order valence-corrected chi connectivity index (χ1v) is 4.69. The Bertz CT molecular complexity index is 279. The van der Waals surface area contributed by atoms with Gasteiger partial charge in [-0.3, -0.25) is 4.98 Å². The highest BCUT2D eigenvalue weighted by Gasteiger charge is 2.02. The number of hydrogen-bond donors (Lipinski definition) is 2. The number of nitrogens with two attached hydrogens (primary N) is 1. The van der Waals surface area contributed by atoms with E-state index in [4.69, 9.17) is 15.6 Å². The summed E-state index contributed by atoms with van der Waals surface area (Å²) in [4.78, 5) is 4.03. The van der Waals surface area contributed by atoms with E-state index in [1.165, 1.54) is 0 Å². The molecule has 0 bridgehead atoms. The van der Waals surface area contributed by atoms with Crippen molar-refractivity contribution in [2.45, 2.75) is 19.4 Å². The summed E-state index contributed by atoms with van der Waals surface area (Å²) >= 11 is 0. The van der Waals surface area contributed by atoms with Gasteiger partial charge in [-0.2, -0.15) is 0 Å². The zero-order valence-corrected chi connectivity index (χ0v) is 8.31. The Morgan fingerprint density at radius 2 is 2.36 bits per heavy atom. The summed E-state index contributed by atoms with van der Waals surface area (Å²) in [6.45, 7) is 2.30. The molecule has 4 heteroatoms. The summed E-state index contributed by atoms with van der Waals surface area (Å²) in [5, 5.41) is 8.69. The normalized spacial score (nSPS) is 12.5. The molecule has 1 heterocycles. The van der Waals surface area contributed by atoms with Crippen LogP contribution in [0.3, 0.4) is 0 Å². The van der Waals surface area contributed by atoms with E-state index in [0.29, 0.717) is 12.4 Å². The van der Waals surface area contributed by atoms with Crippen molar-refractivity contribution in [2.75, 3.05) is 13.2 Å². The highest BCUT2D eigenvalue weighted by Crippen LogP contribution is 2.11. The number of hydrogen-bond acceptors (Lipinski definition) is 4. The van der Waals surface area contributed by atoms with Gasteiger partial charge in [0.15, 0.2) is 0 Å². The molecule has 0 radical (unpaired) electrons. The molecule has 0 aromatic carbocycles. The summed E-state index contributed by atoms with van der Waals surface area (Å²) in [6, 6.07) is 1.59. The van der Waals surface area contributed by atoms with Gasteiger partial charge in [0, 0.05) is 6.20 Å². The van der Waals surface area contributed by atoms with E-state index >= 15 is 0 Å². The maximum absolute atomic E-state index is 8.69. The van der Waals surface area contributed by atoms with Crippen LogP contribution in [0.1, 0.15) is 12.5 Å². The van der Waals surface area contributed by atoms with E-state index in [1.807, 2.05) is 6.07 Å². The number of pyridine rings is 1. The number of nitrogens with zero attached hydrogens (tertiary/aromatic N) is 1. The number of aliphatic hydroxyl groups excluding tert-OH is 1. The molecule has 14 heavy (non-hydrogen) atoms. The average molecular weight is 196 g/mol. The van der Waals surface area contributed by atoms with Crippen LogP contribution in [0.4, 0.5) is 0 Å². The predicted molar refractivity (Wildman–Crippen MR) is 54.2 cm³/mol. The van der Waals surface area contributed by atoms with Gasteiger partial charge in [-0.05, 0) is 18.1 Å². The summed E-state index contributed by atoms with van der Waals surface area (Å²) in [5.74, 6) is 0.702. The molecule has 3 N–H and O–H groups in total. The summed E-state index contributed by atoms with van der Waals surface area (Å²) in [6.07, 6.45) is 4.37. The fraction of sp³-hybridized carbons (Fsp3) is 0.500. The molecule has 1 rings (SSSR count). The van der Waals surface area contributed by atoms with Gasteiger partial charge in [0.2, 0.25) is 0 Å². The van der Waals surface area contributed by atoms with Crippen molar-refractivity contribution >= 4 is 0 Å². The predicted octanol–water partition coefficient (Wildman–Crippen LogP) is 0.342. The smallest absolute Gasteiger partial charge is 0.137 e. The molecular weight excluding hydrogens is 180 g/mol. The maximum atomic E-state index is 8.69. The molecule has 0 spiro atoms. The summed E-state index contributed by atoms with van der Waals surface area (Å²) in [5.41, 5.74) is 6.62. The van der Waals surface area contributed by atoms with Gasteiger partial charge in [0.25, 0.3) is 0 Å². The zero-order valence-electron chi connectivity index (χ0n) is 8.31. The van der Waals surface area contributed by atoms with Crippen LogP contribution >= 0.6 is 0 Å². The first kappa shape index (κ1) is 10.9. The lowest BCUT2D eigenvalue weighted by Gasteiger charge is -2.10. The Morgan fingerprint density at radius 3 is 3.00 bits per heavy atom. The number of aliphatic hydroxyl groups is 1. The van der Waals surface area contributed by atoms with Crippen LogP contribution in [-0.2, 0) is 6.42 Å². The van der Waals surface area contributed by atoms with Gasteiger partial charge in [-0.1, -0.05) is 6.92 Å². The fourth-order valence-electron chi connectivity index (χ4n) is 0.992. The average Bonchev–Trinajstić information content (AvgIpc) is 2.26. The second-order valence-electron chi connectivity index (χ2n) is 3.14. The molecule has 0 aliphatic carbocycles. The molecule has 4 nitrogen and oxygen atoms in total. The van der Waals surface area contributed by atoms with Crippen LogP contribution in [0.5, 0.6) is 5.75 Å². The quantitative estimate of drug-likeness (QED) is 0.712. The van der Waals surface area contributed by atoms with Crippen LogP contribution in [0.15, 0.2) is 18.5 Å². The van der Waals surface area contributed by atoms with Crippen LogP contribution < -0.4 is 10.5 Å². The Morgan fingerprint density at radius 1 is 1.57 bits per heavy atom. The van der Waals surface area contributed by atoms with Gasteiger partial charge in [0.05, 0.1) is 18.8 Å². The van der Waals surface area contributed by atoms with Crippen molar-refractivity contribution in [3.05, 3.63) is 24.0 Å². The van der Waals surface area contributed by atoms with Crippen molar-refractivity contribution in [1.82, 2.24) is 4.98 Å². The Kier molecular flexibility index (Phi) is 4.35. The lowest BCUT2D eigenvalue weighted by atomic mass is 10.2. The zero-order chi connectivity index (χ0) is 10.4. The van der Waals surface area contributed by atoms with Gasteiger partial charge in [-0.15, -0.1) is 0 Å². The minimum absolute atomic E-state index is 0.0686. The van der Waals surface area contributed by atoms with Crippen LogP contribution in [0.2, 0.25) is 0 Å². The second-order valence-corrected chi connectivity index (χ2v) is 3.14. The van der Waals surface area contributed by atoms with Crippen molar-refractivity contribution < 1.29 is 9.84 Å². The third-order valence-corrected chi connectivity index (χ3v) is 1.88. The molecule has 1 aromatic rings. The SMILES string of the molecule is CCc1cncc(OC[C@@H](N)CO)c1. The van der Waals surface area contributed by atoms with Crippen molar-refractivity contribution in [3.8, 4) is 5.75 Å². The first-order chi connectivity index (χ1) is 6.76. The van der Waals surface area contributed by atoms with Gasteiger partial charge >= 0.3 is 0 Å². The second kappa shape index (κ2) is 5.57. The van der Waals surface area contributed by atoms with E-state index < -0.39 is 0 Å². The Hall–Kier alpha value is -1.13. The van der Waals surface area contributed by atoms with Crippen LogP contribution in [0.25, 0.3) is 0 Å². The minimum Gasteiger partial charge on any atom is -0.490 e. The van der Waals surface area contributed by atoms with E-state index in [0.717, 1.165) is 12.0 Å². The van der Waals surface area contributed by atoms with Crippen molar-refractivity contribution in [3.63, 3.8) is 0 Å². The summed E-state index contributed by atoms with van der Waals surface area (Å²) in [7, 11) is 0. The number of aromatic nitrogens is 1. The lowest BCUT2D eigenvalue weighted by molar-refractivity contribution is 0.206. The highest BCUT2D eigenvalue weighted by atomic mass is 16.5. The molecule has 1 aromatic heterocycles. The van der Waals surface area contributed by atoms with Crippen molar-refractivity contribution in [1.29, 1.82) is 0 Å². The van der Waals surface area contributed by atoms with Crippen LogP contribution in [-0.4, -0.2) is 29.3 Å². The van der Waals surface area contributed by atoms with Gasteiger partial charge in [0.1, 0.15) is 12.4 Å². The largest absolute Gasteiger partial charge is 0.490 e. The minimum atomic E-state index is -0.333. The monoisotopic (exact) mass is 196 g/mol. The molecule has 0 saturated heterocycles. The fourth-order valence-corrected chi connectivity index (χ4v) is 0.992. The number of aryl methyl sites for hydroxylation is 1. The molecule has 0 unspecified atom stereocenters. The molecular formula is C10H16N2O2. The lowest BCUT2D eigenvalue weighted by Crippen LogP contribution is -2.31. The van der Waals surface area contributed by atoms with E-state index in [1.54, 1.807) is 12.4 Å². The van der Waals surface area contributed by atoms with E-state index in [2.05, 4.69) is 11.9 Å². The molecule has 0 fully saturated rings. The van der Waals surface area contributed by atoms with Crippen LogP contribution in [0, 0.1) is 0 Å². The first-order valence-electron chi connectivity index (χ1n) is 4.69. The molecule has 1 atom stereocenters. The van der Waals surface area contributed by atoms with Gasteiger partial charge < -0.3 is 15.6 Å². The van der Waals surface area contributed by atoms with Crippen molar-refractivity contribution in [2.24, 2.45) is 5.73 Å². The molecule has 0 saturated carbocycles. The standard InChI is InChI=1S/C10H16N2O2/c1-2-8-3-10(5-12-4-8)14-7-9(11)6-13/h3-5,9,13H,2,6-7,11H2,1H3/t9-/m0/s1. The molecule has 0 aliphatic rings. The number of ether oxygens (including phenoxy) is 1.